The molecule has 0 amide bonds. The van der Waals surface area contributed by atoms with Crippen molar-refractivity contribution >= 4 is 17.3 Å². The molecule has 102 valence electrons. The third kappa shape index (κ3) is 5.54. The lowest BCUT2D eigenvalue weighted by Crippen LogP contribution is -2.39. The second-order valence-corrected chi connectivity index (χ2v) is 5.89. The molecule has 1 rings (SSSR count). The van der Waals surface area contributed by atoms with Gasteiger partial charge in [-0.15, -0.1) is 11.3 Å². The Balaban J connectivity index is 2.44. The molecule has 0 saturated carbocycles. The second kappa shape index (κ2) is 8.14. The predicted octanol–water partition coefficient (Wildman–Crippen LogP) is 3.06. The highest BCUT2D eigenvalue weighted by atomic mass is 32.1. The number of hydrogen-bond donors (Lipinski definition) is 2. The van der Waals surface area contributed by atoms with E-state index in [4.69, 9.17) is 0 Å². The van der Waals surface area contributed by atoms with Crippen LogP contribution in [0.5, 0.6) is 0 Å². The van der Waals surface area contributed by atoms with E-state index in [1.54, 1.807) is 0 Å². The van der Waals surface area contributed by atoms with E-state index in [0.717, 1.165) is 25.6 Å². The molecule has 1 heterocycles. The van der Waals surface area contributed by atoms with Gasteiger partial charge in [-0.25, -0.2) is 0 Å². The molecule has 1 atom stereocenters. The summed E-state index contributed by atoms with van der Waals surface area (Å²) in [5, 5.41) is 8.82. The van der Waals surface area contributed by atoms with Crippen LogP contribution in [0.1, 0.15) is 38.5 Å². The maximum atomic E-state index is 4.56. The Kier molecular flexibility index (Phi) is 6.80. The second-order valence-electron chi connectivity index (χ2n) is 4.91. The van der Waals surface area contributed by atoms with Crippen LogP contribution in [0.4, 0.5) is 0 Å². The van der Waals surface area contributed by atoms with Crippen LogP contribution in [-0.4, -0.2) is 25.6 Å². The van der Waals surface area contributed by atoms with Crippen molar-refractivity contribution in [2.75, 3.05) is 19.6 Å². The fourth-order valence-electron chi connectivity index (χ4n) is 1.54. The summed E-state index contributed by atoms with van der Waals surface area (Å²) in [5.74, 6) is 2.04. The average molecular weight is 267 g/mol. The van der Waals surface area contributed by atoms with Crippen LogP contribution in [0.25, 0.3) is 0 Å². The van der Waals surface area contributed by atoms with Crippen molar-refractivity contribution in [3.63, 3.8) is 0 Å². The highest BCUT2D eigenvalue weighted by Gasteiger charge is 2.07. The molecule has 1 aromatic rings. The molecule has 0 fully saturated rings. The number of guanidine groups is 1. The Bertz CT molecular complexity index is 344. The Morgan fingerprint density at radius 2 is 2.11 bits per heavy atom. The molecule has 0 saturated heterocycles. The summed E-state index contributed by atoms with van der Waals surface area (Å²) in [7, 11) is 0. The Morgan fingerprint density at radius 1 is 1.33 bits per heavy atom. The minimum Gasteiger partial charge on any atom is -0.357 e. The first kappa shape index (κ1) is 15.0. The maximum absolute atomic E-state index is 4.56. The molecule has 0 aliphatic rings. The van der Waals surface area contributed by atoms with Crippen molar-refractivity contribution in [1.29, 1.82) is 0 Å². The zero-order valence-electron chi connectivity index (χ0n) is 11.9. The van der Waals surface area contributed by atoms with E-state index in [9.17, 15) is 0 Å². The van der Waals surface area contributed by atoms with E-state index < -0.39 is 0 Å². The molecular formula is C14H25N3S. The molecule has 0 aromatic carbocycles. The standard InChI is InChI=1S/C14H25N3S/c1-5-15-14(16-9-11(2)3)17-10-12(4)13-7-6-8-18-13/h6-8,11-12H,5,9-10H2,1-4H3,(H2,15,16,17). The summed E-state index contributed by atoms with van der Waals surface area (Å²) in [6, 6.07) is 4.30. The summed E-state index contributed by atoms with van der Waals surface area (Å²) in [6.45, 7) is 11.4. The molecule has 0 spiro atoms. The lowest BCUT2D eigenvalue weighted by Gasteiger charge is -2.15. The van der Waals surface area contributed by atoms with Crippen molar-refractivity contribution < 1.29 is 0 Å². The largest absolute Gasteiger partial charge is 0.357 e. The van der Waals surface area contributed by atoms with Gasteiger partial charge in [-0.05, 0) is 24.3 Å². The smallest absolute Gasteiger partial charge is 0.191 e. The number of hydrogen-bond acceptors (Lipinski definition) is 2. The van der Waals surface area contributed by atoms with E-state index in [0.29, 0.717) is 11.8 Å². The minimum absolute atomic E-state index is 0.521. The number of rotatable bonds is 6. The molecule has 0 radical (unpaired) electrons. The molecule has 2 N–H and O–H groups in total. The maximum Gasteiger partial charge on any atom is 0.191 e. The van der Waals surface area contributed by atoms with Gasteiger partial charge >= 0.3 is 0 Å². The molecule has 0 bridgehead atoms. The first-order valence-electron chi connectivity index (χ1n) is 6.69. The molecular weight excluding hydrogens is 242 g/mol. The van der Waals surface area contributed by atoms with Crippen LogP contribution in [-0.2, 0) is 0 Å². The van der Waals surface area contributed by atoms with Crippen LogP contribution in [0.2, 0.25) is 0 Å². The van der Waals surface area contributed by atoms with Gasteiger partial charge in [-0.2, -0.15) is 0 Å². The molecule has 0 aliphatic heterocycles. The zero-order valence-corrected chi connectivity index (χ0v) is 12.7. The van der Waals surface area contributed by atoms with Gasteiger partial charge in [0.2, 0.25) is 0 Å². The summed E-state index contributed by atoms with van der Waals surface area (Å²) in [5.41, 5.74) is 0. The van der Waals surface area contributed by atoms with Crippen LogP contribution in [0.3, 0.4) is 0 Å². The van der Waals surface area contributed by atoms with Gasteiger partial charge in [0.25, 0.3) is 0 Å². The van der Waals surface area contributed by atoms with Gasteiger partial charge in [-0.3, -0.25) is 4.99 Å². The van der Waals surface area contributed by atoms with Crippen LogP contribution in [0.15, 0.2) is 22.5 Å². The van der Waals surface area contributed by atoms with E-state index in [2.05, 4.69) is 60.8 Å². The first-order valence-corrected chi connectivity index (χ1v) is 7.57. The third-order valence-corrected chi connectivity index (χ3v) is 3.67. The SMILES string of the molecule is CCNC(=NCC(C)C)NCC(C)c1cccs1. The first-order chi connectivity index (χ1) is 8.63. The molecule has 1 unspecified atom stereocenters. The van der Waals surface area contributed by atoms with E-state index >= 15 is 0 Å². The Hall–Kier alpha value is -1.03. The summed E-state index contributed by atoms with van der Waals surface area (Å²) in [6.07, 6.45) is 0. The molecule has 3 nitrogen and oxygen atoms in total. The van der Waals surface area contributed by atoms with E-state index in [1.165, 1.54) is 4.88 Å². The van der Waals surface area contributed by atoms with Crippen molar-refractivity contribution in [2.45, 2.75) is 33.6 Å². The Morgan fingerprint density at radius 3 is 2.67 bits per heavy atom. The lowest BCUT2D eigenvalue weighted by molar-refractivity contribution is 0.650. The summed E-state index contributed by atoms with van der Waals surface area (Å²) < 4.78 is 0. The number of aliphatic imine (C=N–C) groups is 1. The van der Waals surface area contributed by atoms with Gasteiger partial charge in [-0.1, -0.05) is 26.8 Å². The highest BCUT2D eigenvalue weighted by Crippen LogP contribution is 2.19. The molecule has 0 aliphatic carbocycles. The highest BCUT2D eigenvalue weighted by molar-refractivity contribution is 7.10. The number of nitrogens with zero attached hydrogens (tertiary/aromatic N) is 1. The molecule has 18 heavy (non-hydrogen) atoms. The zero-order chi connectivity index (χ0) is 13.4. The fraction of sp³-hybridized carbons (Fsp3) is 0.643. The van der Waals surface area contributed by atoms with Crippen molar-refractivity contribution in [1.82, 2.24) is 10.6 Å². The quantitative estimate of drug-likeness (QED) is 0.614. The van der Waals surface area contributed by atoms with Gasteiger partial charge in [0, 0.05) is 30.4 Å². The topological polar surface area (TPSA) is 36.4 Å². The van der Waals surface area contributed by atoms with Gasteiger partial charge in [0.1, 0.15) is 0 Å². The Labute approximate surface area is 115 Å². The van der Waals surface area contributed by atoms with E-state index in [-0.39, 0.29) is 0 Å². The monoisotopic (exact) mass is 267 g/mol. The normalized spacial score (nSPS) is 13.7. The lowest BCUT2D eigenvalue weighted by atomic mass is 10.1. The average Bonchev–Trinajstić information content (AvgIpc) is 2.86. The fourth-order valence-corrected chi connectivity index (χ4v) is 2.32. The summed E-state index contributed by atoms with van der Waals surface area (Å²) in [4.78, 5) is 5.98. The predicted molar refractivity (Wildman–Crippen MR) is 81.6 cm³/mol. The van der Waals surface area contributed by atoms with Crippen LogP contribution < -0.4 is 10.6 Å². The molecule has 1 aromatic heterocycles. The number of thiophene rings is 1. The van der Waals surface area contributed by atoms with Crippen LogP contribution >= 0.6 is 11.3 Å². The van der Waals surface area contributed by atoms with Crippen LogP contribution in [0, 0.1) is 5.92 Å². The third-order valence-electron chi connectivity index (χ3n) is 2.56. The minimum atomic E-state index is 0.521. The molecule has 4 heteroatoms. The van der Waals surface area contributed by atoms with Crippen molar-refractivity contribution in [3.05, 3.63) is 22.4 Å². The number of nitrogens with one attached hydrogen (secondary N) is 2. The van der Waals surface area contributed by atoms with Crippen molar-refractivity contribution in [3.8, 4) is 0 Å². The van der Waals surface area contributed by atoms with Gasteiger partial charge in [0.05, 0.1) is 0 Å². The van der Waals surface area contributed by atoms with Gasteiger partial charge < -0.3 is 10.6 Å². The van der Waals surface area contributed by atoms with Gasteiger partial charge in [0.15, 0.2) is 5.96 Å². The summed E-state index contributed by atoms with van der Waals surface area (Å²) >= 11 is 1.81. The van der Waals surface area contributed by atoms with E-state index in [1.807, 2.05) is 11.3 Å². The van der Waals surface area contributed by atoms with Crippen molar-refractivity contribution in [2.24, 2.45) is 10.9 Å².